The Hall–Kier alpha value is -1.81. The van der Waals surface area contributed by atoms with Gasteiger partial charge in [0.1, 0.15) is 4.90 Å². The molecule has 2 fully saturated rings. The molecule has 8 nitrogen and oxygen atoms in total. The standard InChI is InChI=1S/C19H27N5O3S/c1-3-22-13-17(12-21-22)28(25,26)23-10-6-16(7-11-23)24-14-18(27-2)19(24)15-4-8-20-9-5-15/h4-5,8-9,12-13,16,18-19H,3,6-7,10-11,14H2,1-2H3. The molecular formula is C19H27N5O3S. The van der Waals surface area contributed by atoms with Crippen molar-refractivity contribution in [2.24, 2.45) is 0 Å². The van der Waals surface area contributed by atoms with Crippen molar-refractivity contribution in [2.75, 3.05) is 26.7 Å². The smallest absolute Gasteiger partial charge is 0.246 e. The molecule has 0 bridgehead atoms. The third kappa shape index (κ3) is 3.47. The first-order chi connectivity index (χ1) is 13.5. The molecule has 4 heterocycles. The van der Waals surface area contributed by atoms with E-state index in [0.717, 1.165) is 19.4 Å². The maximum absolute atomic E-state index is 12.9. The summed E-state index contributed by atoms with van der Waals surface area (Å²) in [7, 11) is -1.72. The predicted molar refractivity (Wildman–Crippen MR) is 104 cm³/mol. The van der Waals surface area contributed by atoms with Crippen LogP contribution in [0.15, 0.2) is 41.8 Å². The fourth-order valence-corrected chi connectivity index (χ4v) is 5.68. The summed E-state index contributed by atoms with van der Waals surface area (Å²) < 4.78 is 34.7. The number of hydrogen-bond acceptors (Lipinski definition) is 6. The lowest BCUT2D eigenvalue weighted by molar-refractivity contribution is -0.114. The average Bonchev–Trinajstić information content (AvgIpc) is 3.19. The third-order valence-electron chi connectivity index (χ3n) is 5.91. The first-order valence-electron chi connectivity index (χ1n) is 9.75. The number of aryl methyl sites for hydroxylation is 1. The number of rotatable bonds is 6. The van der Waals surface area contributed by atoms with E-state index in [1.54, 1.807) is 22.3 Å². The van der Waals surface area contributed by atoms with E-state index < -0.39 is 10.0 Å². The fraction of sp³-hybridized carbons (Fsp3) is 0.579. The van der Waals surface area contributed by atoms with Crippen LogP contribution in [0.3, 0.4) is 0 Å². The van der Waals surface area contributed by atoms with Gasteiger partial charge in [0.15, 0.2) is 0 Å². The van der Waals surface area contributed by atoms with E-state index in [1.165, 1.54) is 11.8 Å². The highest BCUT2D eigenvalue weighted by molar-refractivity contribution is 7.89. The second kappa shape index (κ2) is 7.90. The van der Waals surface area contributed by atoms with Crippen LogP contribution in [0, 0.1) is 0 Å². The highest BCUT2D eigenvalue weighted by Gasteiger charge is 2.45. The van der Waals surface area contributed by atoms with Gasteiger partial charge in [-0.05, 0) is 37.5 Å². The number of nitrogens with zero attached hydrogens (tertiary/aromatic N) is 5. The van der Waals surface area contributed by atoms with E-state index in [1.807, 2.05) is 31.5 Å². The number of methoxy groups -OCH3 is 1. The van der Waals surface area contributed by atoms with Gasteiger partial charge in [0.05, 0.1) is 18.3 Å². The summed E-state index contributed by atoms with van der Waals surface area (Å²) in [5, 5.41) is 4.11. The zero-order valence-corrected chi connectivity index (χ0v) is 17.1. The van der Waals surface area contributed by atoms with Crippen molar-refractivity contribution in [3.05, 3.63) is 42.5 Å². The van der Waals surface area contributed by atoms with Gasteiger partial charge in [-0.3, -0.25) is 14.6 Å². The van der Waals surface area contributed by atoms with Gasteiger partial charge < -0.3 is 4.74 Å². The molecule has 2 aromatic rings. The molecule has 2 aromatic heterocycles. The SMILES string of the molecule is CCn1cc(S(=O)(=O)N2CCC(N3CC(OC)C3c3ccncc3)CC2)cn1. The Morgan fingerprint density at radius 2 is 1.93 bits per heavy atom. The molecular weight excluding hydrogens is 378 g/mol. The molecule has 0 aromatic carbocycles. The summed E-state index contributed by atoms with van der Waals surface area (Å²) in [6.07, 6.45) is 8.49. The van der Waals surface area contributed by atoms with Gasteiger partial charge in [0.25, 0.3) is 0 Å². The van der Waals surface area contributed by atoms with Gasteiger partial charge in [-0.25, -0.2) is 8.42 Å². The zero-order chi connectivity index (χ0) is 19.7. The number of aromatic nitrogens is 3. The van der Waals surface area contributed by atoms with E-state index in [9.17, 15) is 8.42 Å². The average molecular weight is 406 g/mol. The van der Waals surface area contributed by atoms with Gasteiger partial charge in [0.2, 0.25) is 10.0 Å². The summed E-state index contributed by atoms with van der Waals surface area (Å²) in [5.41, 5.74) is 1.20. The Morgan fingerprint density at radius 1 is 1.21 bits per heavy atom. The van der Waals surface area contributed by atoms with Crippen LogP contribution in [0.5, 0.6) is 0 Å². The number of hydrogen-bond donors (Lipinski definition) is 0. The Morgan fingerprint density at radius 3 is 2.54 bits per heavy atom. The molecule has 0 spiro atoms. The van der Waals surface area contributed by atoms with Crippen LogP contribution < -0.4 is 0 Å². The van der Waals surface area contributed by atoms with Gasteiger partial charge in [0, 0.05) is 57.9 Å². The first kappa shape index (κ1) is 19.5. The molecule has 9 heteroatoms. The fourth-order valence-electron chi connectivity index (χ4n) is 4.26. The largest absolute Gasteiger partial charge is 0.378 e. The molecule has 2 aliphatic rings. The Balaban J connectivity index is 1.42. The molecule has 2 saturated heterocycles. The first-order valence-corrected chi connectivity index (χ1v) is 11.2. The van der Waals surface area contributed by atoms with Crippen LogP contribution in [-0.2, 0) is 21.3 Å². The predicted octanol–water partition coefficient (Wildman–Crippen LogP) is 1.52. The van der Waals surface area contributed by atoms with Crippen molar-refractivity contribution < 1.29 is 13.2 Å². The molecule has 4 rings (SSSR count). The van der Waals surface area contributed by atoms with E-state index in [4.69, 9.17) is 4.74 Å². The molecule has 2 atom stereocenters. The van der Waals surface area contributed by atoms with Crippen molar-refractivity contribution in [1.29, 1.82) is 0 Å². The minimum absolute atomic E-state index is 0.170. The van der Waals surface area contributed by atoms with Crippen molar-refractivity contribution in [2.45, 2.75) is 49.4 Å². The lowest BCUT2D eigenvalue weighted by Gasteiger charge is -2.52. The molecule has 0 N–H and O–H groups in total. The summed E-state index contributed by atoms with van der Waals surface area (Å²) >= 11 is 0. The molecule has 2 aliphatic heterocycles. The number of likely N-dealkylation sites (tertiary alicyclic amines) is 1. The van der Waals surface area contributed by atoms with Crippen LogP contribution in [0.2, 0.25) is 0 Å². The van der Waals surface area contributed by atoms with Crippen LogP contribution in [0.1, 0.15) is 31.4 Å². The monoisotopic (exact) mass is 405 g/mol. The highest BCUT2D eigenvalue weighted by Crippen LogP contribution is 2.39. The number of pyridine rings is 1. The van der Waals surface area contributed by atoms with Crippen molar-refractivity contribution in [1.82, 2.24) is 24.0 Å². The lowest BCUT2D eigenvalue weighted by atomic mass is 9.87. The van der Waals surface area contributed by atoms with Gasteiger partial charge in [-0.15, -0.1) is 0 Å². The van der Waals surface area contributed by atoms with Crippen LogP contribution in [0.4, 0.5) is 0 Å². The maximum Gasteiger partial charge on any atom is 0.246 e. The molecule has 0 saturated carbocycles. The normalized spacial score (nSPS) is 24.9. The van der Waals surface area contributed by atoms with Crippen LogP contribution in [-0.4, -0.2) is 71.3 Å². The summed E-state index contributed by atoms with van der Waals surface area (Å²) in [5.74, 6) is 0. The van der Waals surface area contributed by atoms with E-state index >= 15 is 0 Å². The second-order valence-corrected chi connectivity index (χ2v) is 9.30. The Labute approximate surface area is 166 Å². The van der Waals surface area contributed by atoms with Crippen molar-refractivity contribution >= 4 is 10.0 Å². The minimum atomic E-state index is -3.47. The number of ether oxygens (including phenoxy) is 1. The van der Waals surface area contributed by atoms with E-state index in [2.05, 4.69) is 15.0 Å². The van der Waals surface area contributed by atoms with Gasteiger partial charge >= 0.3 is 0 Å². The Bertz CT molecular complexity index is 893. The van der Waals surface area contributed by atoms with Crippen LogP contribution >= 0.6 is 0 Å². The Kier molecular flexibility index (Phi) is 5.50. The van der Waals surface area contributed by atoms with Gasteiger partial charge in [-0.2, -0.15) is 9.40 Å². The molecule has 2 unspecified atom stereocenters. The zero-order valence-electron chi connectivity index (χ0n) is 16.3. The molecule has 152 valence electrons. The summed E-state index contributed by atoms with van der Waals surface area (Å²) in [6.45, 7) is 4.53. The topological polar surface area (TPSA) is 80.6 Å². The summed E-state index contributed by atoms with van der Waals surface area (Å²) in [6, 6.07) is 4.64. The summed E-state index contributed by atoms with van der Waals surface area (Å²) in [4.78, 5) is 6.84. The van der Waals surface area contributed by atoms with Crippen LogP contribution in [0.25, 0.3) is 0 Å². The van der Waals surface area contributed by atoms with E-state index in [0.29, 0.717) is 25.7 Å². The molecule has 0 radical (unpaired) electrons. The highest BCUT2D eigenvalue weighted by atomic mass is 32.2. The van der Waals surface area contributed by atoms with Crippen molar-refractivity contribution in [3.8, 4) is 0 Å². The second-order valence-electron chi connectivity index (χ2n) is 7.36. The minimum Gasteiger partial charge on any atom is -0.378 e. The lowest BCUT2D eigenvalue weighted by Crippen LogP contribution is -2.60. The maximum atomic E-state index is 12.9. The van der Waals surface area contributed by atoms with Gasteiger partial charge in [-0.1, -0.05) is 0 Å². The number of piperidine rings is 1. The quantitative estimate of drug-likeness (QED) is 0.725. The molecule has 28 heavy (non-hydrogen) atoms. The van der Waals surface area contributed by atoms with E-state index in [-0.39, 0.29) is 17.0 Å². The third-order valence-corrected chi connectivity index (χ3v) is 7.77. The van der Waals surface area contributed by atoms with Crippen molar-refractivity contribution in [3.63, 3.8) is 0 Å². The molecule has 0 amide bonds. The number of sulfonamides is 1. The molecule has 0 aliphatic carbocycles.